The molecule has 6 rings (SSSR count). The number of furan rings is 1. The molecule has 0 atom stereocenters. The number of halogens is 1. The number of rotatable bonds is 8. The fraction of sp³-hybridized carbons (Fsp3) is 0.200. The number of nitrogens with one attached hydrogen (secondary N) is 1. The van der Waals surface area contributed by atoms with E-state index in [1.165, 1.54) is 19.1 Å². The lowest BCUT2D eigenvalue weighted by Crippen LogP contribution is -2.11. The van der Waals surface area contributed by atoms with Crippen molar-refractivity contribution >= 4 is 40.5 Å². The Kier molecular flexibility index (Phi) is 6.18. The molecular formula is C30H24ClN3O3. The quantitative estimate of drug-likeness (QED) is 0.282. The normalized spacial score (nSPS) is 14.2. The van der Waals surface area contributed by atoms with Gasteiger partial charge >= 0.3 is 0 Å². The Morgan fingerprint density at radius 3 is 2.62 bits per heavy atom. The van der Waals surface area contributed by atoms with Crippen molar-refractivity contribution in [3.63, 3.8) is 0 Å². The molecule has 1 aliphatic carbocycles. The lowest BCUT2D eigenvalue weighted by atomic mass is 9.99. The molecule has 1 N–H and O–H groups in total. The molecule has 1 saturated carbocycles. The average Bonchev–Trinajstić information content (AvgIpc) is 3.36. The van der Waals surface area contributed by atoms with Gasteiger partial charge in [0.2, 0.25) is 0 Å². The summed E-state index contributed by atoms with van der Waals surface area (Å²) in [6.07, 6.45) is 7.46. The third-order valence-corrected chi connectivity index (χ3v) is 7.05. The SMILES string of the molecule is O=C(Cc1ccc(-c2cnc3c(c2)CC(c2cc(NC(=O)c4ccco4)ccc2Cl)=N3)cc1)CC1CC1. The van der Waals surface area contributed by atoms with Gasteiger partial charge in [0.05, 0.1) is 12.0 Å². The molecular weight excluding hydrogens is 486 g/mol. The first-order valence-corrected chi connectivity index (χ1v) is 12.7. The van der Waals surface area contributed by atoms with E-state index < -0.39 is 0 Å². The summed E-state index contributed by atoms with van der Waals surface area (Å²) in [4.78, 5) is 33.9. The minimum atomic E-state index is -0.334. The highest BCUT2D eigenvalue weighted by atomic mass is 35.5. The van der Waals surface area contributed by atoms with Gasteiger partial charge in [-0.2, -0.15) is 0 Å². The number of fused-ring (bicyclic) bond motifs is 1. The van der Waals surface area contributed by atoms with Crippen LogP contribution >= 0.6 is 11.6 Å². The fourth-order valence-electron chi connectivity index (χ4n) is 4.58. The number of nitrogens with zero attached hydrogens (tertiary/aromatic N) is 2. The maximum absolute atomic E-state index is 12.4. The summed E-state index contributed by atoms with van der Waals surface area (Å²) < 4.78 is 5.17. The zero-order valence-corrected chi connectivity index (χ0v) is 20.8. The average molecular weight is 510 g/mol. The van der Waals surface area contributed by atoms with E-state index in [1.807, 2.05) is 36.5 Å². The van der Waals surface area contributed by atoms with Gasteiger partial charge in [-0.05, 0) is 66.3 Å². The molecule has 0 radical (unpaired) electrons. The van der Waals surface area contributed by atoms with Crippen LogP contribution in [0.5, 0.6) is 0 Å². The van der Waals surface area contributed by atoms with Crippen molar-refractivity contribution in [3.05, 3.63) is 101 Å². The molecule has 6 nitrogen and oxygen atoms in total. The molecule has 37 heavy (non-hydrogen) atoms. The van der Waals surface area contributed by atoms with Gasteiger partial charge in [0, 0.05) is 52.9 Å². The van der Waals surface area contributed by atoms with Crippen molar-refractivity contribution in [2.45, 2.75) is 32.1 Å². The van der Waals surface area contributed by atoms with Crippen molar-refractivity contribution in [1.82, 2.24) is 4.98 Å². The topological polar surface area (TPSA) is 84.6 Å². The summed E-state index contributed by atoms with van der Waals surface area (Å²) in [5.41, 5.74) is 6.24. The first-order chi connectivity index (χ1) is 18.0. The van der Waals surface area contributed by atoms with E-state index in [-0.39, 0.29) is 11.7 Å². The number of aromatic nitrogens is 1. The summed E-state index contributed by atoms with van der Waals surface area (Å²) >= 11 is 6.51. The number of hydrogen-bond donors (Lipinski definition) is 1. The molecule has 2 aromatic heterocycles. The molecule has 0 saturated heterocycles. The first-order valence-electron chi connectivity index (χ1n) is 12.3. The predicted molar refractivity (Wildman–Crippen MR) is 144 cm³/mol. The van der Waals surface area contributed by atoms with E-state index in [9.17, 15) is 9.59 Å². The molecule has 2 aromatic carbocycles. The van der Waals surface area contributed by atoms with E-state index in [1.54, 1.807) is 24.3 Å². The number of carbonyl (C=O) groups excluding carboxylic acids is 2. The highest BCUT2D eigenvalue weighted by molar-refractivity contribution is 6.34. The van der Waals surface area contributed by atoms with Gasteiger partial charge in [0.1, 0.15) is 5.78 Å². The van der Waals surface area contributed by atoms with Crippen molar-refractivity contribution < 1.29 is 14.0 Å². The van der Waals surface area contributed by atoms with Gasteiger partial charge in [-0.3, -0.25) is 9.59 Å². The van der Waals surface area contributed by atoms with Crippen LogP contribution in [0.3, 0.4) is 0 Å². The summed E-state index contributed by atoms with van der Waals surface area (Å²) in [5.74, 6) is 1.51. The zero-order valence-electron chi connectivity index (χ0n) is 20.0. The van der Waals surface area contributed by atoms with Gasteiger partial charge in [-0.15, -0.1) is 0 Å². The van der Waals surface area contributed by atoms with Crippen molar-refractivity contribution in [3.8, 4) is 11.1 Å². The lowest BCUT2D eigenvalue weighted by molar-refractivity contribution is -0.118. The van der Waals surface area contributed by atoms with Gasteiger partial charge < -0.3 is 9.73 Å². The van der Waals surface area contributed by atoms with Crippen LogP contribution in [0.2, 0.25) is 5.02 Å². The van der Waals surface area contributed by atoms with E-state index in [0.717, 1.165) is 33.5 Å². The molecule has 0 bridgehead atoms. The summed E-state index contributed by atoms with van der Waals surface area (Å²) in [5, 5.41) is 3.38. The summed E-state index contributed by atoms with van der Waals surface area (Å²) in [7, 11) is 0. The highest BCUT2D eigenvalue weighted by Gasteiger charge is 2.24. The minimum absolute atomic E-state index is 0.233. The Labute approximate surface area is 219 Å². The van der Waals surface area contributed by atoms with Crippen LogP contribution in [0.1, 0.15) is 46.5 Å². The Morgan fingerprint density at radius 1 is 1.03 bits per heavy atom. The summed E-state index contributed by atoms with van der Waals surface area (Å²) in [6, 6.07) is 18.8. The molecule has 7 heteroatoms. The largest absolute Gasteiger partial charge is 0.459 e. The number of pyridine rings is 1. The van der Waals surface area contributed by atoms with Crippen molar-refractivity contribution in [2.24, 2.45) is 10.9 Å². The Morgan fingerprint density at radius 2 is 1.86 bits per heavy atom. The van der Waals surface area contributed by atoms with Crippen molar-refractivity contribution in [2.75, 3.05) is 5.32 Å². The molecule has 184 valence electrons. The van der Waals surface area contributed by atoms with Crippen LogP contribution < -0.4 is 5.32 Å². The Bertz CT molecular complexity index is 1520. The first kappa shape index (κ1) is 23.4. The molecule has 1 amide bonds. The number of carbonyl (C=O) groups is 2. The van der Waals surface area contributed by atoms with E-state index in [2.05, 4.69) is 16.4 Å². The number of ketones is 1. The van der Waals surface area contributed by atoms with Gasteiger partial charge in [0.15, 0.2) is 11.6 Å². The molecule has 4 aromatic rings. The number of Topliss-reactive ketones (excluding diaryl/α,β-unsaturated/α-hetero) is 1. The maximum Gasteiger partial charge on any atom is 0.291 e. The van der Waals surface area contributed by atoms with Gasteiger partial charge in [0.25, 0.3) is 5.91 Å². The lowest BCUT2D eigenvalue weighted by Gasteiger charge is -2.09. The molecule has 1 fully saturated rings. The van der Waals surface area contributed by atoms with Crippen LogP contribution in [-0.2, 0) is 17.6 Å². The van der Waals surface area contributed by atoms with Gasteiger partial charge in [-0.1, -0.05) is 35.9 Å². The van der Waals surface area contributed by atoms with Crippen LogP contribution in [0.15, 0.2) is 82.5 Å². The predicted octanol–water partition coefficient (Wildman–Crippen LogP) is 6.84. The molecule has 0 unspecified atom stereocenters. The van der Waals surface area contributed by atoms with Gasteiger partial charge in [-0.25, -0.2) is 9.98 Å². The number of amides is 1. The van der Waals surface area contributed by atoms with Crippen molar-refractivity contribution in [1.29, 1.82) is 0 Å². The fourth-order valence-corrected chi connectivity index (χ4v) is 4.81. The van der Waals surface area contributed by atoms with E-state index in [4.69, 9.17) is 21.0 Å². The van der Waals surface area contributed by atoms with Crippen LogP contribution in [0.25, 0.3) is 11.1 Å². The third-order valence-electron chi connectivity index (χ3n) is 6.72. The monoisotopic (exact) mass is 509 g/mol. The summed E-state index contributed by atoms with van der Waals surface area (Å²) in [6.45, 7) is 0. The Balaban J connectivity index is 1.16. The smallest absolute Gasteiger partial charge is 0.291 e. The standard InChI is InChI=1S/C30H24ClN3O3/c31-26-10-9-23(33-30(36)28-2-1-11-37-28)16-25(26)27-15-21-14-22(17-32-29(21)34-27)20-7-5-19(6-8-20)13-24(35)12-18-3-4-18/h1-2,5-11,14,16-18H,3-4,12-13,15H2,(H,33,36). The minimum Gasteiger partial charge on any atom is -0.459 e. The van der Waals surface area contributed by atoms with Crippen LogP contribution in [-0.4, -0.2) is 22.4 Å². The molecule has 0 spiro atoms. The van der Waals surface area contributed by atoms with Crippen LogP contribution in [0.4, 0.5) is 11.5 Å². The second-order valence-corrected chi connectivity index (χ2v) is 10.0. The van der Waals surface area contributed by atoms with Crippen LogP contribution in [0, 0.1) is 5.92 Å². The van der Waals surface area contributed by atoms with E-state index >= 15 is 0 Å². The maximum atomic E-state index is 12.4. The van der Waals surface area contributed by atoms with E-state index in [0.29, 0.717) is 47.5 Å². The molecule has 2 aliphatic rings. The number of benzene rings is 2. The molecule has 3 heterocycles. The number of hydrogen-bond acceptors (Lipinski definition) is 5. The second-order valence-electron chi connectivity index (χ2n) is 9.63. The Hall–Kier alpha value is -4.03. The molecule has 1 aliphatic heterocycles. The number of anilines is 1. The number of aliphatic imine (C=N–C) groups is 1. The highest BCUT2D eigenvalue weighted by Crippen LogP contribution is 2.34. The third kappa shape index (κ3) is 5.25. The second kappa shape index (κ2) is 9.79. The zero-order chi connectivity index (χ0) is 25.4.